The van der Waals surface area contributed by atoms with Crippen LogP contribution in [0.25, 0.3) is 0 Å². The molecule has 0 aliphatic carbocycles. The Hall–Kier alpha value is -2.14. The number of amides is 1. The van der Waals surface area contributed by atoms with Gasteiger partial charge in [0, 0.05) is 38.1 Å². The third kappa shape index (κ3) is 3.51. The Morgan fingerprint density at radius 1 is 1.42 bits per heavy atom. The molecular formula is C19H26N4O. The Morgan fingerprint density at radius 2 is 2.25 bits per heavy atom. The minimum atomic E-state index is 0.113. The Labute approximate surface area is 143 Å². The van der Waals surface area contributed by atoms with Crippen molar-refractivity contribution in [2.24, 2.45) is 7.05 Å². The lowest BCUT2D eigenvalue weighted by atomic mass is 9.93. The summed E-state index contributed by atoms with van der Waals surface area (Å²) in [5.41, 5.74) is 2.02. The van der Waals surface area contributed by atoms with Crippen molar-refractivity contribution >= 4 is 5.91 Å². The van der Waals surface area contributed by atoms with Crippen molar-refractivity contribution < 1.29 is 4.79 Å². The average molecular weight is 326 g/mol. The number of carbonyl (C=O) groups is 1. The number of nitrogens with one attached hydrogen (secondary N) is 1. The van der Waals surface area contributed by atoms with Crippen molar-refractivity contribution in [1.82, 2.24) is 19.8 Å². The van der Waals surface area contributed by atoms with Crippen LogP contribution >= 0.6 is 0 Å². The van der Waals surface area contributed by atoms with Crippen LogP contribution < -0.4 is 5.32 Å². The van der Waals surface area contributed by atoms with Crippen LogP contribution in [0, 0.1) is 0 Å². The average Bonchev–Trinajstić information content (AvgIpc) is 3.26. The zero-order valence-electron chi connectivity index (χ0n) is 14.5. The second kappa shape index (κ2) is 7.62. The summed E-state index contributed by atoms with van der Waals surface area (Å²) >= 11 is 0. The molecule has 5 heteroatoms. The van der Waals surface area contributed by atoms with E-state index in [2.05, 4.69) is 23.3 Å². The topological polar surface area (TPSA) is 50.2 Å². The number of benzene rings is 1. The SMILES string of the molecule is CCCN(Cc1nccn1C)C(=O)c1ccccc1[C@H]1CCNC1. The number of aryl methyl sites for hydroxylation is 1. The number of imidazole rings is 1. The maximum atomic E-state index is 13.2. The van der Waals surface area contributed by atoms with E-state index in [1.807, 2.05) is 40.9 Å². The molecule has 1 aromatic carbocycles. The van der Waals surface area contributed by atoms with Crippen LogP contribution in [0.5, 0.6) is 0 Å². The van der Waals surface area contributed by atoms with E-state index < -0.39 is 0 Å². The van der Waals surface area contributed by atoms with Gasteiger partial charge in [-0.15, -0.1) is 0 Å². The van der Waals surface area contributed by atoms with Crippen LogP contribution in [0.1, 0.15) is 47.4 Å². The molecule has 1 N–H and O–H groups in total. The molecule has 5 nitrogen and oxygen atoms in total. The second-order valence-electron chi connectivity index (χ2n) is 6.46. The molecule has 3 rings (SSSR count). The Balaban J connectivity index is 1.86. The highest BCUT2D eigenvalue weighted by Crippen LogP contribution is 2.26. The van der Waals surface area contributed by atoms with Gasteiger partial charge in [-0.2, -0.15) is 0 Å². The summed E-state index contributed by atoms with van der Waals surface area (Å²) in [6.45, 7) is 5.37. The summed E-state index contributed by atoms with van der Waals surface area (Å²) in [5.74, 6) is 1.46. The Kier molecular flexibility index (Phi) is 5.30. The van der Waals surface area contributed by atoms with Gasteiger partial charge in [0.05, 0.1) is 6.54 Å². The molecule has 0 unspecified atom stereocenters. The van der Waals surface area contributed by atoms with Gasteiger partial charge in [0.25, 0.3) is 5.91 Å². The van der Waals surface area contributed by atoms with Crippen molar-refractivity contribution in [1.29, 1.82) is 0 Å². The van der Waals surface area contributed by atoms with Crippen molar-refractivity contribution in [3.05, 3.63) is 53.6 Å². The maximum absolute atomic E-state index is 13.2. The van der Waals surface area contributed by atoms with Crippen molar-refractivity contribution in [3.8, 4) is 0 Å². The lowest BCUT2D eigenvalue weighted by Crippen LogP contribution is -2.33. The summed E-state index contributed by atoms with van der Waals surface area (Å²) in [6, 6.07) is 8.07. The van der Waals surface area contributed by atoms with Gasteiger partial charge in [0.1, 0.15) is 5.82 Å². The van der Waals surface area contributed by atoms with Crippen LogP contribution in [0.15, 0.2) is 36.7 Å². The number of aromatic nitrogens is 2. The molecule has 2 heterocycles. The predicted molar refractivity (Wildman–Crippen MR) is 94.9 cm³/mol. The first-order valence-electron chi connectivity index (χ1n) is 8.75. The molecule has 1 aromatic heterocycles. The number of nitrogens with zero attached hydrogens (tertiary/aromatic N) is 3. The van der Waals surface area contributed by atoms with Gasteiger partial charge >= 0.3 is 0 Å². The van der Waals surface area contributed by atoms with E-state index in [1.54, 1.807) is 6.20 Å². The quantitative estimate of drug-likeness (QED) is 0.887. The lowest BCUT2D eigenvalue weighted by molar-refractivity contribution is 0.0736. The predicted octanol–water partition coefficient (Wildman–Crippen LogP) is 2.55. The van der Waals surface area contributed by atoms with E-state index in [9.17, 15) is 4.79 Å². The number of rotatable bonds is 6. The first-order chi connectivity index (χ1) is 11.7. The first kappa shape index (κ1) is 16.7. The molecule has 2 aromatic rings. The molecule has 1 atom stereocenters. The van der Waals surface area contributed by atoms with E-state index in [4.69, 9.17) is 0 Å². The summed E-state index contributed by atoms with van der Waals surface area (Å²) in [6.07, 6.45) is 5.73. The Bertz CT molecular complexity index is 688. The molecule has 0 spiro atoms. The molecule has 0 radical (unpaired) electrons. The molecule has 1 saturated heterocycles. The fraction of sp³-hybridized carbons (Fsp3) is 0.474. The van der Waals surface area contributed by atoms with Gasteiger partial charge in [-0.05, 0) is 36.9 Å². The van der Waals surface area contributed by atoms with Gasteiger partial charge in [-0.3, -0.25) is 4.79 Å². The molecule has 24 heavy (non-hydrogen) atoms. The summed E-state index contributed by atoms with van der Waals surface area (Å²) < 4.78 is 1.97. The maximum Gasteiger partial charge on any atom is 0.254 e. The lowest BCUT2D eigenvalue weighted by Gasteiger charge is -2.24. The largest absolute Gasteiger partial charge is 0.337 e. The van der Waals surface area contributed by atoms with E-state index in [0.717, 1.165) is 43.9 Å². The van der Waals surface area contributed by atoms with Gasteiger partial charge < -0.3 is 14.8 Å². The molecular weight excluding hydrogens is 300 g/mol. The van der Waals surface area contributed by atoms with Crippen LogP contribution in [0.2, 0.25) is 0 Å². The molecule has 1 amide bonds. The second-order valence-corrected chi connectivity index (χ2v) is 6.46. The highest BCUT2D eigenvalue weighted by Gasteiger charge is 2.25. The standard InChI is InChI=1S/C19H26N4O/c1-3-11-23(14-18-21-10-12-22(18)2)19(24)17-7-5-4-6-16(17)15-8-9-20-13-15/h4-7,10,12,15,20H,3,8-9,11,13-14H2,1-2H3/t15-/m0/s1. The molecule has 1 fully saturated rings. The van der Waals surface area contributed by atoms with Crippen LogP contribution in [-0.4, -0.2) is 40.0 Å². The number of hydrogen-bond donors (Lipinski definition) is 1. The molecule has 128 valence electrons. The minimum Gasteiger partial charge on any atom is -0.337 e. The number of hydrogen-bond acceptors (Lipinski definition) is 3. The summed E-state index contributed by atoms with van der Waals surface area (Å²) in [5, 5.41) is 3.40. The summed E-state index contributed by atoms with van der Waals surface area (Å²) in [4.78, 5) is 19.5. The van der Waals surface area contributed by atoms with E-state index in [1.165, 1.54) is 5.56 Å². The smallest absolute Gasteiger partial charge is 0.254 e. The van der Waals surface area contributed by atoms with Crippen LogP contribution in [0.3, 0.4) is 0 Å². The minimum absolute atomic E-state index is 0.113. The highest BCUT2D eigenvalue weighted by atomic mass is 16.2. The van der Waals surface area contributed by atoms with E-state index in [0.29, 0.717) is 12.5 Å². The third-order valence-electron chi connectivity index (χ3n) is 4.73. The summed E-state index contributed by atoms with van der Waals surface area (Å²) in [7, 11) is 1.97. The van der Waals surface area contributed by atoms with Gasteiger partial charge in [0.2, 0.25) is 0 Å². The number of carbonyl (C=O) groups excluding carboxylic acids is 1. The third-order valence-corrected chi connectivity index (χ3v) is 4.73. The van der Waals surface area contributed by atoms with Crippen molar-refractivity contribution in [2.75, 3.05) is 19.6 Å². The van der Waals surface area contributed by atoms with Gasteiger partial charge in [0.15, 0.2) is 0 Å². The molecule has 0 saturated carbocycles. The van der Waals surface area contributed by atoms with Gasteiger partial charge in [-0.1, -0.05) is 25.1 Å². The molecule has 1 aliphatic heterocycles. The molecule has 0 bridgehead atoms. The van der Waals surface area contributed by atoms with E-state index in [-0.39, 0.29) is 5.91 Å². The van der Waals surface area contributed by atoms with Crippen LogP contribution in [-0.2, 0) is 13.6 Å². The van der Waals surface area contributed by atoms with E-state index >= 15 is 0 Å². The highest BCUT2D eigenvalue weighted by molar-refractivity contribution is 5.95. The molecule has 1 aliphatic rings. The van der Waals surface area contributed by atoms with Gasteiger partial charge in [-0.25, -0.2) is 4.98 Å². The van der Waals surface area contributed by atoms with Crippen molar-refractivity contribution in [3.63, 3.8) is 0 Å². The zero-order chi connectivity index (χ0) is 16.9. The zero-order valence-corrected chi connectivity index (χ0v) is 14.5. The first-order valence-corrected chi connectivity index (χ1v) is 8.75. The van der Waals surface area contributed by atoms with Crippen LogP contribution in [0.4, 0.5) is 0 Å². The fourth-order valence-corrected chi connectivity index (χ4v) is 3.38. The normalized spacial score (nSPS) is 17.2. The fourth-order valence-electron chi connectivity index (χ4n) is 3.38. The monoisotopic (exact) mass is 326 g/mol. The Morgan fingerprint density at radius 3 is 2.92 bits per heavy atom. The van der Waals surface area contributed by atoms with Crippen molar-refractivity contribution in [2.45, 2.75) is 32.2 Å².